The Morgan fingerprint density at radius 2 is 2.12 bits per heavy atom. The van der Waals surface area contributed by atoms with Crippen molar-refractivity contribution < 1.29 is 9.90 Å². The molecule has 0 saturated heterocycles. The zero-order chi connectivity index (χ0) is 11.5. The molecule has 0 saturated carbocycles. The standard InChI is InChI=1S/C11H8N2O3/c14-10-3-1-2-9(13-10)7-4-8(11(15)16)6-12-5-7/h1-6H,(H,13,14)(H,15,16). The molecule has 0 aliphatic carbocycles. The zero-order valence-electron chi connectivity index (χ0n) is 8.18. The molecule has 2 rings (SSSR count). The quantitative estimate of drug-likeness (QED) is 0.788. The van der Waals surface area contributed by atoms with Crippen molar-refractivity contribution in [2.45, 2.75) is 0 Å². The van der Waals surface area contributed by atoms with Gasteiger partial charge in [-0.15, -0.1) is 0 Å². The van der Waals surface area contributed by atoms with E-state index in [4.69, 9.17) is 5.11 Å². The summed E-state index contributed by atoms with van der Waals surface area (Å²) in [4.78, 5) is 28.2. The van der Waals surface area contributed by atoms with E-state index in [1.807, 2.05) is 0 Å². The molecule has 0 bridgehead atoms. The number of carbonyl (C=O) groups is 1. The number of H-pyrrole nitrogens is 1. The number of hydrogen-bond donors (Lipinski definition) is 2. The molecule has 2 aromatic rings. The van der Waals surface area contributed by atoms with Gasteiger partial charge in [0, 0.05) is 29.7 Å². The Morgan fingerprint density at radius 3 is 2.81 bits per heavy atom. The van der Waals surface area contributed by atoms with Gasteiger partial charge < -0.3 is 10.1 Å². The van der Waals surface area contributed by atoms with Crippen LogP contribution in [-0.2, 0) is 0 Å². The molecule has 2 N–H and O–H groups in total. The Bertz CT molecular complexity index is 590. The summed E-state index contributed by atoms with van der Waals surface area (Å²) in [7, 11) is 0. The third kappa shape index (κ3) is 1.98. The van der Waals surface area contributed by atoms with E-state index in [0.717, 1.165) is 0 Å². The van der Waals surface area contributed by atoms with E-state index in [0.29, 0.717) is 11.3 Å². The number of nitrogens with one attached hydrogen (secondary N) is 1. The van der Waals surface area contributed by atoms with Crippen LogP contribution in [0, 0.1) is 0 Å². The van der Waals surface area contributed by atoms with Gasteiger partial charge in [-0.1, -0.05) is 6.07 Å². The van der Waals surface area contributed by atoms with Crippen molar-refractivity contribution in [3.05, 3.63) is 52.6 Å². The van der Waals surface area contributed by atoms with Crippen LogP contribution in [0.25, 0.3) is 11.3 Å². The molecule has 16 heavy (non-hydrogen) atoms. The van der Waals surface area contributed by atoms with Crippen molar-refractivity contribution in [3.63, 3.8) is 0 Å². The van der Waals surface area contributed by atoms with Crippen molar-refractivity contribution in [3.8, 4) is 11.3 Å². The molecule has 0 radical (unpaired) electrons. The average molecular weight is 216 g/mol. The van der Waals surface area contributed by atoms with Crippen LogP contribution in [0.3, 0.4) is 0 Å². The predicted molar refractivity (Wildman–Crippen MR) is 57.3 cm³/mol. The Hall–Kier alpha value is -2.43. The molecular weight excluding hydrogens is 208 g/mol. The fourth-order valence-electron chi connectivity index (χ4n) is 1.32. The first-order valence-corrected chi connectivity index (χ1v) is 4.55. The van der Waals surface area contributed by atoms with Crippen molar-refractivity contribution in [1.82, 2.24) is 9.97 Å². The smallest absolute Gasteiger partial charge is 0.337 e. The first-order chi connectivity index (χ1) is 7.66. The highest BCUT2D eigenvalue weighted by Crippen LogP contribution is 2.15. The van der Waals surface area contributed by atoms with Crippen molar-refractivity contribution in [2.75, 3.05) is 0 Å². The van der Waals surface area contributed by atoms with E-state index in [-0.39, 0.29) is 11.1 Å². The summed E-state index contributed by atoms with van der Waals surface area (Å²) in [6, 6.07) is 6.13. The highest BCUT2D eigenvalue weighted by atomic mass is 16.4. The normalized spacial score (nSPS) is 10.0. The minimum atomic E-state index is -1.05. The van der Waals surface area contributed by atoms with Gasteiger partial charge in [0.25, 0.3) is 0 Å². The van der Waals surface area contributed by atoms with Crippen LogP contribution in [0.15, 0.2) is 41.5 Å². The minimum absolute atomic E-state index is 0.0854. The number of pyridine rings is 2. The summed E-state index contributed by atoms with van der Waals surface area (Å²) >= 11 is 0. The van der Waals surface area contributed by atoms with Gasteiger partial charge >= 0.3 is 5.97 Å². The molecule has 2 aromatic heterocycles. The van der Waals surface area contributed by atoms with Gasteiger partial charge in [-0.3, -0.25) is 9.78 Å². The lowest BCUT2D eigenvalue weighted by molar-refractivity contribution is 0.0696. The number of hydrogen-bond acceptors (Lipinski definition) is 3. The molecule has 0 spiro atoms. The van der Waals surface area contributed by atoms with Crippen LogP contribution >= 0.6 is 0 Å². The third-order valence-electron chi connectivity index (χ3n) is 2.06. The van der Waals surface area contributed by atoms with E-state index >= 15 is 0 Å². The maximum atomic E-state index is 11.1. The molecule has 0 unspecified atom stereocenters. The molecule has 0 atom stereocenters. The van der Waals surface area contributed by atoms with Crippen molar-refractivity contribution in [1.29, 1.82) is 0 Å². The van der Waals surface area contributed by atoms with Crippen LogP contribution in [0.4, 0.5) is 0 Å². The van der Waals surface area contributed by atoms with Gasteiger partial charge in [0.05, 0.1) is 5.56 Å². The van der Waals surface area contributed by atoms with E-state index in [9.17, 15) is 9.59 Å². The number of carboxylic acids is 1. The summed E-state index contributed by atoms with van der Waals surface area (Å²) in [5.74, 6) is -1.05. The summed E-state index contributed by atoms with van der Waals surface area (Å²) in [6.45, 7) is 0. The predicted octanol–water partition coefficient (Wildman–Crippen LogP) is 1.14. The number of nitrogens with zero attached hydrogens (tertiary/aromatic N) is 1. The number of aromatic nitrogens is 2. The van der Waals surface area contributed by atoms with E-state index in [2.05, 4.69) is 9.97 Å². The molecule has 80 valence electrons. The molecule has 0 aliphatic heterocycles. The molecule has 0 amide bonds. The number of aromatic carboxylic acids is 1. The van der Waals surface area contributed by atoms with E-state index in [1.54, 1.807) is 12.1 Å². The molecule has 5 nitrogen and oxygen atoms in total. The highest BCUT2D eigenvalue weighted by Gasteiger charge is 2.05. The number of aromatic amines is 1. The SMILES string of the molecule is O=C(O)c1cncc(-c2cccc(=O)[nH]2)c1. The van der Waals surface area contributed by atoms with Gasteiger partial charge in [0.15, 0.2) is 0 Å². The monoisotopic (exact) mass is 216 g/mol. The fourth-order valence-corrected chi connectivity index (χ4v) is 1.32. The minimum Gasteiger partial charge on any atom is -0.478 e. The van der Waals surface area contributed by atoms with Crippen LogP contribution in [-0.4, -0.2) is 21.0 Å². The summed E-state index contributed by atoms with van der Waals surface area (Å²) in [5.41, 5.74) is 0.959. The van der Waals surface area contributed by atoms with Crippen LogP contribution in [0.1, 0.15) is 10.4 Å². The lowest BCUT2D eigenvalue weighted by atomic mass is 10.1. The van der Waals surface area contributed by atoms with Crippen LogP contribution in [0.2, 0.25) is 0 Å². The third-order valence-corrected chi connectivity index (χ3v) is 2.06. The Morgan fingerprint density at radius 1 is 1.31 bits per heavy atom. The van der Waals surface area contributed by atoms with Gasteiger partial charge in [0.2, 0.25) is 5.56 Å². The Labute approximate surface area is 90.4 Å². The molecule has 5 heteroatoms. The highest BCUT2D eigenvalue weighted by molar-refractivity contribution is 5.88. The number of carboxylic acid groups (broad SMARTS) is 1. The second-order valence-electron chi connectivity index (χ2n) is 3.20. The Balaban J connectivity index is 2.52. The Kier molecular flexibility index (Phi) is 2.51. The summed E-state index contributed by atoms with van der Waals surface area (Å²) < 4.78 is 0. The maximum absolute atomic E-state index is 11.1. The lowest BCUT2D eigenvalue weighted by Gasteiger charge is -2.01. The first-order valence-electron chi connectivity index (χ1n) is 4.55. The second-order valence-corrected chi connectivity index (χ2v) is 3.20. The van der Waals surface area contributed by atoms with Gasteiger partial charge in [0.1, 0.15) is 0 Å². The van der Waals surface area contributed by atoms with Crippen LogP contribution < -0.4 is 5.56 Å². The molecule has 0 aromatic carbocycles. The van der Waals surface area contributed by atoms with Crippen molar-refractivity contribution in [2.24, 2.45) is 0 Å². The largest absolute Gasteiger partial charge is 0.478 e. The second kappa shape index (κ2) is 3.98. The first kappa shape index (κ1) is 10.1. The molecule has 2 heterocycles. The molecule has 0 fully saturated rings. The van der Waals surface area contributed by atoms with E-state index in [1.165, 1.54) is 24.5 Å². The van der Waals surface area contributed by atoms with Crippen LogP contribution in [0.5, 0.6) is 0 Å². The van der Waals surface area contributed by atoms with Gasteiger partial charge in [-0.25, -0.2) is 4.79 Å². The van der Waals surface area contributed by atoms with Gasteiger partial charge in [-0.05, 0) is 12.1 Å². The number of rotatable bonds is 2. The topological polar surface area (TPSA) is 83.0 Å². The lowest BCUT2D eigenvalue weighted by Crippen LogP contribution is -2.04. The molecule has 0 aliphatic rings. The van der Waals surface area contributed by atoms with Crippen molar-refractivity contribution >= 4 is 5.97 Å². The molecular formula is C11H8N2O3. The summed E-state index contributed by atoms with van der Waals surface area (Å²) in [5, 5.41) is 8.80. The maximum Gasteiger partial charge on any atom is 0.337 e. The fraction of sp³-hybridized carbons (Fsp3) is 0. The zero-order valence-corrected chi connectivity index (χ0v) is 8.18. The van der Waals surface area contributed by atoms with E-state index < -0.39 is 5.97 Å². The van der Waals surface area contributed by atoms with Gasteiger partial charge in [-0.2, -0.15) is 0 Å². The average Bonchev–Trinajstić information content (AvgIpc) is 2.29. The summed E-state index contributed by atoms with van der Waals surface area (Å²) in [6.07, 6.45) is 2.75.